The Morgan fingerprint density at radius 3 is 2.13 bits per heavy atom. The molecule has 0 bridgehead atoms. The molecule has 2 amide bonds. The van der Waals surface area contributed by atoms with Crippen molar-refractivity contribution in [2.24, 2.45) is 11.8 Å². The van der Waals surface area contributed by atoms with Crippen molar-refractivity contribution in [3.05, 3.63) is 108 Å². The molecule has 1 rings (SSSR count). The van der Waals surface area contributed by atoms with Crippen molar-refractivity contribution in [1.82, 2.24) is 10.6 Å². The number of aliphatic hydroxyl groups excluding tert-OH is 5. The lowest BCUT2D eigenvalue weighted by atomic mass is 9.99. The number of carbonyl (C=O) groups is 3. The van der Waals surface area contributed by atoms with E-state index < -0.39 is 67.3 Å². The third-order valence-corrected chi connectivity index (χ3v) is 7.78. The molecule has 0 aromatic heterocycles. The standard InChI is InChI=1S/C40H58N2O11/c1-26(2)23-32(52-40-37(48)36(47)35(46)33(25-43)53-40)38(49)41-22-16-9-7-8-11-17-27(3)18-14-15-19-28(4)31(44)24-34(45)42-30(6)21-13-10-12-20-29(5)39(50)51/h7-21,26,29,31-33,35-37,40,43-44,46-48H,22-25H2,1-6H3,(H,41,49)(H,42,45)(H,50,51)/b8-7-,13-10+,15-14-,16-9+,17-11+,20-12+,27-18+,28-19-,30-21-/t29?,31?,32?,33-,35-,36+,37-,40-/m1/s1. The van der Waals surface area contributed by atoms with Gasteiger partial charge >= 0.3 is 5.97 Å². The molecule has 0 saturated carbocycles. The van der Waals surface area contributed by atoms with Crippen LogP contribution in [0.3, 0.4) is 0 Å². The van der Waals surface area contributed by atoms with Gasteiger partial charge in [0.15, 0.2) is 6.29 Å². The summed E-state index contributed by atoms with van der Waals surface area (Å²) in [6.45, 7) is 10.4. The fraction of sp³-hybridized carbons (Fsp3) is 0.475. The van der Waals surface area contributed by atoms with Gasteiger partial charge in [-0.1, -0.05) is 104 Å². The van der Waals surface area contributed by atoms with Crippen molar-refractivity contribution in [3.8, 4) is 0 Å². The zero-order valence-electron chi connectivity index (χ0n) is 31.4. The topological polar surface area (TPSA) is 215 Å². The van der Waals surface area contributed by atoms with E-state index in [2.05, 4.69) is 10.6 Å². The highest BCUT2D eigenvalue weighted by atomic mass is 16.7. The molecule has 13 nitrogen and oxygen atoms in total. The first-order valence-electron chi connectivity index (χ1n) is 17.5. The van der Waals surface area contributed by atoms with E-state index in [4.69, 9.17) is 14.6 Å². The monoisotopic (exact) mass is 742 g/mol. The van der Waals surface area contributed by atoms with Crippen molar-refractivity contribution in [3.63, 3.8) is 0 Å². The van der Waals surface area contributed by atoms with Crippen LogP contribution in [0, 0.1) is 11.8 Å². The van der Waals surface area contributed by atoms with Crippen LogP contribution in [0.25, 0.3) is 0 Å². The van der Waals surface area contributed by atoms with Crippen molar-refractivity contribution < 1.29 is 54.5 Å². The van der Waals surface area contributed by atoms with Gasteiger partial charge in [0, 0.05) is 12.2 Å². The number of hydrogen-bond acceptors (Lipinski definition) is 10. The van der Waals surface area contributed by atoms with E-state index >= 15 is 0 Å². The highest BCUT2D eigenvalue weighted by Gasteiger charge is 2.45. The minimum atomic E-state index is -1.60. The molecule has 0 spiro atoms. The number of aliphatic carboxylic acids is 1. The molecule has 0 aromatic carbocycles. The first kappa shape index (κ1) is 46.8. The molecule has 1 saturated heterocycles. The number of allylic oxidation sites excluding steroid dienone is 15. The van der Waals surface area contributed by atoms with Crippen molar-refractivity contribution >= 4 is 17.8 Å². The van der Waals surface area contributed by atoms with Crippen LogP contribution in [-0.2, 0) is 23.9 Å². The van der Waals surface area contributed by atoms with E-state index in [1.165, 1.54) is 0 Å². The van der Waals surface area contributed by atoms with Gasteiger partial charge in [0.25, 0.3) is 0 Å². The van der Waals surface area contributed by atoms with Crippen molar-refractivity contribution in [2.45, 2.75) is 97.3 Å². The van der Waals surface area contributed by atoms with Crippen LogP contribution in [0.1, 0.15) is 54.4 Å². The van der Waals surface area contributed by atoms with Crippen LogP contribution < -0.4 is 10.6 Å². The summed E-state index contributed by atoms with van der Waals surface area (Å²) < 4.78 is 11.1. The van der Waals surface area contributed by atoms with Gasteiger partial charge in [0.05, 0.1) is 25.0 Å². The van der Waals surface area contributed by atoms with Gasteiger partial charge in [-0.2, -0.15) is 0 Å². The van der Waals surface area contributed by atoms with Gasteiger partial charge in [-0.25, -0.2) is 0 Å². The van der Waals surface area contributed by atoms with Crippen LogP contribution in [0.4, 0.5) is 0 Å². The van der Waals surface area contributed by atoms with Gasteiger partial charge in [0.2, 0.25) is 11.8 Å². The van der Waals surface area contributed by atoms with Crippen LogP contribution >= 0.6 is 0 Å². The predicted molar refractivity (Wildman–Crippen MR) is 203 cm³/mol. The van der Waals surface area contributed by atoms with E-state index in [1.54, 1.807) is 81.5 Å². The molecule has 0 aliphatic carbocycles. The van der Waals surface area contributed by atoms with Crippen LogP contribution in [0.2, 0.25) is 0 Å². The van der Waals surface area contributed by atoms with E-state index in [0.717, 1.165) is 5.57 Å². The number of amides is 2. The van der Waals surface area contributed by atoms with Crippen molar-refractivity contribution in [1.29, 1.82) is 0 Å². The number of carboxylic acid groups (broad SMARTS) is 1. The van der Waals surface area contributed by atoms with Gasteiger partial charge in [0.1, 0.15) is 30.5 Å². The van der Waals surface area contributed by atoms with Gasteiger partial charge < -0.3 is 50.7 Å². The average Bonchev–Trinajstić information content (AvgIpc) is 3.10. The zero-order chi connectivity index (χ0) is 39.9. The second kappa shape index (κ2) is 25.7. The second-order valence-electron chi connectivity index (χ2n) is 13.1. The molecule has 8 atom stereocenters. The highest BCUT2D eigenvalue weighted by Crippen LogP contribution is 2.24. The Morgan fingerprint density at radius 1 is 0.830 bits per heavy atom. The molecule has 294 valence electrons. The number of carbonyl (C=O) groups excluding carboxylic acids is 2. The maximum Gasteiger partial charge on any atom is 0.310 e. The maximum atomic E-state index is 12.8. The molecular formula is C40H58N2O11. The van der Waals surface area contributed by atoms with Crippen LogP contribution in [-0.4, -0.2) is 104 Å². The number of nitrogens with one attached hydrogen (secondary N) is 2. The molecular weight excluding hydrogens is 684 g/mol. The first-order valence-corrected chi connectivity index (χ1v) is 17.5. The smallest absolute Gasteiger partial charge is 0.310 e. The summed E-state index contributed by atoms with van der Waals surface area (Å²) in [7, 11) is 0. The first-order chi connectivity index (χ1) is 25.1. The summed E-state index contributed by atoms with van der Waals surface area (Å²) in [5.74, 6) is -2.21. The third-order valence-electron chi connectivity index (χ3n) is 7.78. The maximum absolute atomic E-state index is 12.8. The summed E-state index contributed by atoms with van der Waals surface area (Å²) in [5, 5.41) is 64.4. The number of ether oxygens (including phenoxy) is 2. The average molecular weight is 743 g/mol. The Kier molecular flexibility index (Phi) is 22.7. The Hall–Kier alpha value is -4.21. The molecule has 8 N–H and O–H groups in total. The van der Waals surface area contributed by atoms with Gasteiger partial charge in [-0.3, -0.25) is 14.4 Å². The van der Waals surface area contributed by atoms with Gasteiger partial charge in [-0.15, -0.1) is 0 Å². The molecule has 53 heavy (non-hydrogen) atoms. The molecule has 3 unspecified atom stereocenters. The quantitative estimate of drug-likeness (QED) is 0.0801. The SMILES string of the molecule is C/C(=C/C=C/C=C/C(C)C(=O)O)NC(=O)CC(O)\C(C)=C/C=C\C=C(C)\C=C\C=C/C=C/CNC(=O)C(CC(C)C)O[C@@H]1O[C@H](CO)[C@@H](O)[C@H](O)[C@H]1O. The van der Waals surface area contributed by atoms with E-state index in [9.17, 15) is 39.9 Å². The van der Waals surface area contributed by atoms with Crippen LogP contribution in [0.15, 0.2) is 108 Å². The second-order valence-corrected chi connectivity index (χ2v) is 13.1. The minimum Gasteiger partial charge on any atom is -0.481 e. The molecule has 13 heteroatoms. The number of hydrogen-bond donors (Lipinski definition) is 8. The molecule has 1 fully saturated rings. The molecule has 1 aliphatic heterocycles. The molecule has 1 aliphatic rings. The normalized spacial score (nSPS) is 24.0. The lowest BCUT2D eigenvalue weighted by molar-refractivity contribution is -0.309. The Morgan fingerprint density at radius 2 is 1.47 bits per heavy atom. The lowest BCUT2D eigenvalue weighted by Crippen LogP contribution is -2.60. The van der Waals surface area contributed by atoms with E-state index in [1.807, 2.05) is 51.2 Å². The Labute approximate surface area is 312 Å². The summed E-state index contributed by atoms with van der Waals surface area (Å²) in [5.41, 5.74) is 2.17. The lowest BCUT2D eigenvalue weighted by Gasteiger charge is -2.40. The molecule has 1 heterocycles. The fourth-order valence-electron chi connectivity index (χ4n) is 4.56. The predicted octanol–water partition coefficient (Wildman–Crippen LogP) is 3.06. The molecule has 0 aromatic rings. The Bertz CT molecular complexity index is 1440. The minimum absolute atomic E-state index is 0.0638. The van der Waals surface area contributed by atoms with Crippen molar-refractivity contribution in [2.75, 3.05) is 13.2 Å². The fourth-order valence-corrected chi connectivity index (χ4v) is 4.56. The number of aliphatic hydroxyl groups is 5. The summed E-state index contributed by atoms with van der Waals surface area (Å²) in [4.78, 5) is 35.9. The third kappa shape index (κ3) is 19.4. The van der Waals surface area contributed by atoms with E-state index in [-0.39, 0.29) is 24.8 Å². The van der Waals surface area contributed by atoms with E-state index in [0.29, 0.717) is 17.7 Å². The largest absolute Gasteiger partial charge is 0.481 e. The van der Waals surface area contributed by atoms with Gasteiger partial charge in [-0.05, 0) is 51.7 Å². The summed E-state index contributed by atoms with van der Waals surface area (Å²) in [6, 6.07) is 0. The zero-order valence-corrected chi connectivity index (χ0v) is 31.4. The summed E-state index contributed by atoms with van der Waals surface area (Å²) >= 11 is 0. The summed E-state index contributed by atoms with van der Waals surface area (Å²) in [6.07, 6.45) is 17.3. The number of carboxylic acids is 1. The number of rotatable bonds is 21. The van der Waals surface area contributed by atoms with Crippen LogP contribution in [0.5, 0.6) is 0 Å². The highest BCUT2D eigenvalue weighted by molar-refractivity contribution is 5.81. The Balaban J connectivity index is 2.52. The molecule has 0 radical (unpaired) electrons.